The van der Waals surface area contributed by atoms with Crippen molar-refractivity contribution >= 4 is 17.5 Å². The molecule has 1 rings (SSSR count). The summed E-state index contributed by atoms with van der Waals surface area (Å²) in [7, 11) is 0. The number of nitrogen functional groups attached to an aromatic ring is 1. The molecule has 13 heavy (non-hydrogen) atoms. The van der Waals surface area contributed by atoms with E-state index in [9.17, 15) is 0 Å². The van der Waals surface area contributed by atoms with Crippen molar-refractivity contribution in [1.82, 2.24) is 15.0 Å². The van der Waals surface area contributed by atoms with Gasteiger partial charge in [-0.1, -0.05) is 6.92 Å². The molecule has 72 valence electrons. The number of rotatable bonds is 4. The smallest absolute Gasteiger partial charge is 0.321 e. The normalized spacial score (nSPS) is 10.0. The van der Waals surface area contributed by atoms with Crippen LogP contribution in [0, 0.1) is 0 Å². The fourth-order valence-electron chi connectivity index (χ4n) is 0.733. The van der Waals surface area contributed by atoms with Crippen LogP contribution in [0.1, 0.15) is 19.2 Å². The van der Waals surface area contributed by atoms with Crippen LogP contribution in [0.3, 0.4) is 0 Å². The van der Waals surface area contributed by atoms with Gasteiger partial charge < -0.3 is 10.5 Å². The molecule has 5 nitrogen and oxygen atoms in total. The van der Waals surface area contributed by atoms with Crippen molar-refractivity contribution in [3.05, 3.63) is 5.82 Å². The van der Waals surface area contributed by atoms with Gasteiger partial charge in [0.05, 0.1) is 12.5 Å². The summed E-state index contributed by atoms with van der Waals surface area (Å²) in [5.41, 5.74) is 5.41. The van der Waals surface area contributed by atoms with Gasteiger partial charge in [-0.25, -0.2) is 0 Å². The van der Waals surface area contributed by atoms with E-state index in [1.807, 2.05) is 6.92 Å². The van der Waals surface area contributed by atoms with Crippen molar-refractivity contribution in [3.8, 4) is 6.01 Å². The SMILES string of the molecule is CCCOc1nc(N)nc(CCl)n1. The number of nitrogens with zero attached hydrogens (tertiary/aromatic N) is 3. The van der Waals surface area contributed by atoms with Crippen molar-refractivity contribution in [1.29, 1.82) is 0 Å². The van der Waals surface area contributed by atoms with E-state index >= 15 is 0 Å². The Balaban J connectivity index is 2.76. The Labute approximate surface area is 81.3 Å². The minimum Gasteiger partial charge on any atom is -0.463 e. The third-order valence-corrected chi connectivity index (χ3v) is 1.47. The van der Waals surface area contributed by atoms with Crippen LogP contribution >= 0.6 is 11.6 Å². The van der Waals surface area contributed by atoms with Crippen LogP contribution in [0.15, 0.2) is 0 Å². The number of halogens is 1. The molecule has 0 aliphatic carbocycles. The summed E-state index contributed by atoms with van der Waals surface area (Å²) in [6.45, 7) is 2.55. The Morgan fingerprint density at radius 3 is 2.77 bits per heavy atom. The zero-order valence-corrected chi connectivity index (χ0v) is 8.08. The third kappa shape index (κ3) is 3.02. The number of aromatic nitrogens is 3. The Morgan fingerprint density at radius 1 is 1.38 bits per heavy atom. The molecule has 0 atom stereocenters. The average Bonchev–Trinajstić information content (AvgIpc) is 2.14. The monoisotopic (exact) mass is 202 g/mol. The van der Waals surface area contributed by atoms with Gasteiger partial charge in [0.1, 0.15) is 0 Å². The lowest BCUT2D eigenvalue weighted by Crippen LogP contribution is -2.06. The van der Waals surface area contributed by atoms with Crippen LogP contribution < -0.4 is 10.5 Å². The molecule has 0 amide bonds. The Kier molecular flexibility index (Phi) is 3.70. The Morgan fingerprint density at radius 2 is 2.15 bits per heavy atom. The molecule has 0 aliphatic heterocycles. The Hall–Kier alpha value is -1.10. The van der Waals surface area contributed by atoms with Gasteiger partial charge in [-0.05, 0) is 6.42 Å². The molecule has 0 unspecified atom stereocenters. The van der Waals surface area contributed by atoms with Crippen molar-refractivity contribution in [3.63, 3.8) is 0 Å². The number of nitrogens with two attached hydrogens (primary N) is 1. The van der Waals surface area contributed by atoms with Gasteiger partial charge in [-0.15, -0.1) is 11.6 Å². The molecule has 2 N–H and O–H groups in total. The molecule has 0 radical (unpaired) electrons. The van der Waals surface area contributed by atoms with E-state index in [-0.39, 0.29) is 17.8 Å². The Bertz CT molecular complexity index is 281. The zero-order chi connectivity index (χ0) is 9.68. The maximum absolute atomic E-state index is 5.54. The standard InChI is InChI=1S/C7H11ClN4O/c1-2-3-13-7-11-5(4-8)10-6(9)12-7/h2-4H2,1H3,(H2,9,10,11,12). The van der Waals surface area contributed by atoms with E-state index in [1.165, 1.54) is 0 Å². The molecule has 1 aromatic rings. The quantitative estimate of drug-likeness (QED) is 0.737. The van der Waals surface area contributed by atoms with Gasteiger partial charge in [-0.3, -0.25) is 0 Å². The maximum atomic E-state index is 5.54. The van der Waals surface area contributed by atoms with Gasteiger partial charge in [0.25, 0.3) is 0 Å². The zero-order valence-electron chi connectivity index (χ0n) is 7.33. The first-order chi connectivity index (χ1) is 6.26. The molecule has 0 spiro atoms. The topological polar surface area (TPSA) is 73.9 Å². The number of alkyl halides is 1. The summed E-state index contributed by atoms with van der Waals surface area (Å²) in [6, 6.07) is 0.241. The third-order valence-electron chi connectivity index (χ3n) is 1.23. The second-order valence-electron chi connectivity index (χ2n) is 2.37. The van der Waals surface area contributed by atoms with E-state index in [1.54, 1.807) is 0 Å². The van der Waals surface area contributed by atoms with Crippen LogP contribution in [0.5, 0.6) is 6.01 Å². The molecule has 0 bridgehead atoms. The van der Waals surface area contributed by atoms with E-state index in [4.69, 9.17) is 22.1 Å². The van der Waals surface area contributed by atoms with Gasteiger partial charge >= 0.3 is 6.01 Å². The molecule has 0 aliphatic rings. The summed E-state index contributed by atoms with van der Waals surface area (Å²) in [5.74, 6) is 0.770. The molecule has 1 aromatic heterocycles. The maximum Gasteiger partial charge on any atom is 0.321 e. The second-order valence-corrected chi connectivity index (χ2v) is 2.64. The number of hydrogen-bond donors (Lipinski definition) is 1. The van der Waals surface area contributed by atoms with E-state index < -0.39 is 0 Å². The van der Waals surface area contributed by atoms with Crippen LogP contribution in [-0.4, -0.2) is 21.6 Å². The highest BCUT2D eigenvalue weighted by Gasteiger charge is 2.03. The van der Waals surface area contributed by atoms with E-state index in [0.29, 0.717) is 12.4 Å². The predicted octanol–water partition coefficient (Wildman–Crippen LogP) is 0.981. The fraction of sp³-hybridized carbons (Fsp3) is 0.571. The summed E-state index contributed by atoms with van der Waals surface area (Å²) in [4.78, 5) is 11.5. The van der Waals surface area contributed by atoms with Crippen LogP contribution in [-0.2, 0) is 5.88 Å². The first-order valence-electron chi connectivity index (χ1n) is 3.95. The van der Waals surface area contributed by atoms with Crippen molar-refractivity contribution in [2.75, 3.05) is 12.3 Å². The second kappa shape index (κ2) is 4.81. The summed E-state index contributed by atoms with van der Waals surface area (Å²) in [6.07, 6.45) is 0.891. The molecule has 1 heterocycles. The van der Waals surface area contributed by atoms with Gasteiger partial charge in [0, 0.05) is 0 Å². The number of hydrogen-bond acceptors (Lipinski definition) is 5. The first-order valence-corrected chi connectivity index (χ1v) is 4.49. The molecule has 0 fully saturated rings. The fourth-order valence-corrected chi connectivity index (χ4v) is 0.853. The summed E-state index contributed by atoms with van der Waals surface area (Å²) in [5, 5.41) is 0. The molecular weight excluding hydrogens is 192 g/mol. The highest BCUT2D eigenvalue weighted by atomic mass is 35.5. The molecule has 6 heteroatoms. The minimum absolute atomic E-state index is 0.136. The van der Waals surface area contributed by atoms with Crippen LogP contribution in [0.25, 0.3) is 0 Å². The lowest BCUT2D eigenvalue weighted by Gasteiger charge is -2.03. The van der Waals surface area contributed by atoms with E-state index in [0.717, 1.165) is 6.42 Å². The predicted molar refractivity (Wildman–Crippen MR) is 49.6 cm³/mol. The number of anilines is 1. The average molecular weight is 203 g/mol. The van der Waals surface area contributed by atoms with Crippen molar-refractivity contribution in [2.24, 2.45) is 0 Å². The van der Waals surface area contributed by atoms with Gasteiger partial charge in [0.2, 0.25) is 5.95 Å². The largest absolute Gasteiger partial charge is 0.463 e. The highest BCUT2D eigenvalue weighted by molar-refractivity contribution is 6.16. The highest BCUT2D eigenvalue weighted by Crippen LogP contribution is 2.06. The molecule has 0 saturated heterocycles. The first kappa shape index (κ1) is 9.98. The molecule has 0 aromatic carbocycles. The van der Waals surface area contributed by atoms with Crippen LogP contribution in [0.4, 0.5) is 5.95 Å². The lowest BCUT2D eigenvalue weighted by molar-refractivity contribution is 0.291. The molecular formula is C7H11ClN4O. The summed E-state index contributed by atoms with van der Waals surface area (Å²) < 4.78 is 5.18. The van der Waals surface area contributed by atoms with Gasteiger partial charge in [0.15, 0.2) is 5.82 Å². The van der Waals surface area contributed by atoms with Crippen molar-refractivity contribution < 1.29 is 4.74 Å². The minimum atomic E-state index is 0.136. The van der Waals surface area contributed by atoms with Crippen molar-refractivity contribution in [2.45, 2.75) is 19.2 Å². The molecule has 0 saturated carbocycles. The summed E-state index contributed by atoms with van der Waals surface area (Å²) >= 11 is 5.54. The van der Waals surface area contributed by atoms with Gasteiger partial charge in [-0.2, -0.15) is 15.0 Å². The van der Waals surface area contributed by atoms with Crippen LogP contribution in [0.2, 0.25) is 0 Å². The van der Waals surface area contributed by atoms with E-state index in [2.05, 4.69) is 15.0 Å². The number of ether oxygens (including phenoxy) is 1. The lowest BCUT2D eigenvalue weighted by atomic mass is 10.5.